The molecule has 2 aromatic carbocycles. The highest BCUT2D eigenvalue weighted by Crippen LogP contribution is 2.28. The zero-order chi connectivity index (χ0) is 21.3. The number of aryl methyl sites for hydroxylation is 1. The van der Waals surface area contributed by atoms with Crippen LogP contribution in [0.25, 0.3) is 0 Å². The molecule has 0 aliphatic carbocycles. The molecule has 0 radical (unpaired) electrons. The minimum Gasteiger partial charge on any atom is -0.369 e. The zero-order valence-electron chi connectivity index (χ0n) is 18.0. The van der Waals surface area contributed by atoms with E-state index in [1.165, 1.54) is 50.0 Å². The maximum Gasteiger partial charge on any atom is 0.269 e. The second kappa shape index (κ2) is 10.8. The molecule has 0 saturated carbocycles. The summed E-state index contributed by atoms with van der Waals surface area (Å²) in [5, 5.41) is 19.3. The van der Waals surface area contributed by atoms with Crippen LogP contribution < -0.4 is 4.90 Å². The molecule has 0 unspecified atom stereocenters. The first-order chi connectivity index (χ1) is 14.6. The van der Waals surface area contributed by atoms with Crippen molar-refractivity contribution in [2.75, 3.05) is 37.6 Å². The SMILES string of the molecule is CCCCCCN1CCN(c2ccc(N=Nc3ccc([N+](=O)[O-])cc3)c(C)c2)CC1. The summed E-state index contributed by atoms with van der Waals surface area (Å²) < 4.78 is 0. The van der Waals surface area contributed by atoms with Gasteiger partial charge in [-0.05, 0) is 55.8 Å². The second-order valence-corrected chi connectivity index (χ2v) is 7.83. The number of non-ortho nitro benzene ring substituents is 1. The minimum atomic E-state index is -0.421. The van der Waals surface area contributed by atoms with Gasteiger partial charge < -0.3 is 4.90 Å². The van der Waals surface area contributed by atoms with Crippen molar-refractivity contribution in [3.05, 3.63) is 58.1 Å². The Morgan fingerprint density at radius 3 is 2.33 bits per heavy atom. The van der Waals surface area contributed by atoms with Crippen molar-refractivity contribution in [3.8, 4) is 0 Å². The number of benzene rings is 2. The summed E-state index contributed by atoms with van der Waals surface area (Å²) in [6.45, 7) is 9.85. The Bertz CT molecular complexity index is 858. The minimum absolute atomic E-state index is 0.0514. The summed E-state index contributed by atoms with van der Waals surface area (Å²) in [6, 6.07) is 12.4. The van der Waals surface area contributed by atoms with Crippen LogP contribution in [0.3, 0.4) is 0 Å². The van der Waals surface area contributed by atoms with Crippen molar-refractivity contribution >= 4 is 22.7 Å². The van der Waals surface area contributed by atoms with Crippen molar-refractivity contribution in [3.63, 3.8) is 0 Å². The van der Waals surface area contributed by atoms with Crippen molar-refractivity contribution in [1.82, 2.24) is 4.90 Å². The molecule has 0 N–H and O–H groups in total. The molecule has 0 aromatic heterocycles. The second-order valence-electron chi connectivity index (χ2n) is 7.83. The quantitative estimate of drug-likeness (QED) is 0.220. The highest BCUT2D eigenvalue weighted by molar-refractivity contribution is 5.58. The van der Waals surface area contributed by atoms with Gasteiger partial charge in [0.1, 0.15) is 0 Å². The van der Waals surface area contributed by atoms with Crippen LogP contribution in [0.4, 0.5) is 22.7 Å². The van der Waals surface area contributed by atoms with Crippen LogP contribution in [0.15, 0.2) is 52.7 Å². The van der Waals surface area contributed by atoms with E-state index in [-0.39, 0.29) is 5.69 Å². The Morgan fingerprint density at radius 2 is 1.70 bits per heavy atom. The zero-order valence-corrected chi connectivity index (χ0v) is 18.0. The maximum absolute atomic E-state index is 10.7. The fourth-order valence-corrected chi connectivity index (χ4v) is 3.69. The number of azo groups is 1. The summed E-state index contributed by atoms with van der Waals surface area (Å²) >= 11 is 0. The highest BCUT2D eigenvalue weighted by Gasteiger charge is 2.17. The van der Waals surface area contributed by atoms with Gasteiger partial charge in [-0.1, -0.05) is 26.2 Å². The molecule has 7 nitrogen and oxygen atoms in total. The monoisotopic (exact) mass is 409 g/mol. The van der Waals surface area contributed by atoms with Crippen molar-refractivity contribution in [1.29, 1.82) is 0 Å². The van der Waals surface area contributed by atoms with E-state index >= 15 is 0 Å². The molecule has 30 heavy (non-hydrogen) atoms. The average molecular weight is 410 g/mol. The third-order valence-electron chi connectivity index (χ3n) is 5.58. The van der Waals surface area contributed by atoms with Crippen LogP contribution in [0, 0.1) is 17.0 Å². The van der Waals surface area contributed by atoms with Gasteiger partial charge in [0.05, 0.1) is 16.3 Å². The van der Waals surface area contributed by atoms with Crippen LogP contribution >= 0.6 is 0 Å². The van der Waals surface area contributed by atoms with Crippen LogP contribution in [0.2, 0.25) is 0 Å². The molecule has 160 valence electrons. The third-order valence-corrected chi connectivity index (χ3v) is 5.58. The van der Waals surface area contributed by atoms with Gasteiger partial charge in [0.25, 0.3) is 5.69 Å². The van der Waals surface area contributed by atoms with Gasteiger partial charge in [0, 0.05) is 44.0 Å². The number of nitrogens with zero attached hydrogens (tertiary/aromatic N) is 5. The largest absolute Gasteiger partial charge is 0.369 e. The molecule has 0 spiro atoms. The molecule has 1 heterocycles. The molecule has 1 fully saturated rings. The number of anilines is 1. The van der Waals surface area contributed by atoms with Gasteiger partial charge in [-0.25, -0.2) is 0 Å². The summed E-state index contributed by atoms with van der Waals surface area (Å²) in [5.74, 6) is 0. The van der Waals surface area contributed by atoms with Crippen LogP contribution in [-0.4, -0.2) is 42.5 Å². The maximum atomic E-state index is 10.7. The van der Waals surface area contributed by atoms with Crippen LogP contribution in [-0.2, 0) is 0 Å². The van der Waals surface area contributed by atoms with E-state index in [0.717, 1.165) is 37.4 Å². The first-order valence-electron chi connectivity index (χ1n) is 10.8. The lowest BCUT2D eigenvalue weighted by Gasteiger charge is -2.36. The Kier molecular flexibility index (Phi) is 7.90. The van der Waals surface area contributed by atoms with Gasteiger partial charge in [-0.2, -0.15) is 10.2 Å². The summed E-state index contributed by atoms with van der Waals surface area (Å²) in [5.41, 5.74) is 3.76. The van der Waals surface area contributed by atoms with E-state index in [2.05, 4.69) is 39.1 Å². The number of rotatable bonds is 9. The predicted octanol–water partition coefficient (Wildman–Crippen LogP) is 6.02. The average Bonchev–Trinajstić information content (AvgIpc) is 2.76. The molecule has 3 rings (SSSR count). The number of nitro benzene ring substituents is 1. The lowest BCUT2D eigenvalue weighted by atomic mass is 10.1. The highest BCUT2D eigenvalue weighted by atomic mass is 16.6. The molecule has 2 aromatic rings. The Morgan fingerprint density at radius 1 is 0.967 bits per heavy atom. The van der Waals surface area contributed by atoms with Gasteiger partial charge in [0.15, 0.2) is 0 Å². The Hall–Kier alpha value is -2.80. The van der Waals surface area contributed by atoms with Gasteiger partial charge >= 0.3 is 0 Å². The van der Waals surface area contributed by atoms with E-state index in [9.17, 15) is 10.1 Å². The molecule has 1 aliphatic rings. The predicted molar refractivity (Wildman–Crippen MR) is 121 cm³/mol. The lowest BCUT2D eigenvalue weighted by Crippen LogP contribution is -2.46. The fourth-order valence-electron chi connectivity index (χ4n) is 3.69. The van der Waals surface area contributed by atoms with Crippen LogP contribution in [0.1, 0.15) is 38.2 Å². The first kappa shape index (κ1) is 21.9. The number of hydrogen-bond acceptors (Lipinski definition) is 6. The van der Waals surface area contributed by atoms with Gasteiger partial charge in [-0.3, -0.25) is 15.0 Å². The molecule has 1 saturated heterocycles. The molecule has 0 amide bonds. The van der Waals surface area contributed by atoms with Gasteiger partial charge in [-0.15, -0.1) is 0 Å². The number of nitro groups is 1. The fraction of sp³-hybridized carbons (Fsp3) is 0.478. The molecule has 1 aliphatic heterocycles. The van der Waals surface area contributed by atoms with E-state index in [0.29, 0.717) is 5.69 Å². The summed E-state index contributed by atoms with van der Waals surface area (Å²) in [4.78, 5) is 15.3. The van der Waals surface area contributed by atoms with E-state index < -0.39 is 4.92 Å². The smallest absolute Gasteiger partial charge is 0.269 e. The van der Waals surface area contributed by atoms with E-state index in [1.54, 1.807) is 12.1 Å². The Labute approximate surface area is 178 Å². The van der Waals surface area contributed by atoms with Crippen molar-refractivity contribution < 1.29 is 4.92 Å². The van der Waals surface area contributed by atoms with Crippen LogP contribution in [0.5, 0.6) is 0 Å². The standard InChI is InChI=1S/C23H31N5O2/c1-3-4-5-6-13-26-14-16-27(17-15-26)22-11-12-23(19(2)18-22)25-24-20-7-9-21(10-8-20)28(29)30/h7-12,18H,3-6,13-17H2,1-2H3. The lowest BCUT2D eigenvalue weighted by molar-refractivity contribution is -0.384. The molecule has 0 atom stereocenters. The van der Waals surface area contributed by atoms with Crippen molar-refractivity contribution in [2.45, 2.75) is 39.5 Å². The normalized spacial score (nSPS) is 15.1. The summed E-state index contributed by atoms with van der Waals surface area (Å²) in [6.07, 6.45) is 5.27. The number of piperazine rings is 1. The topological polar surface area (TPSA) is 74.3 Å². The number of hydrogen-bond donors (Lipinski definition) is 0. The molecular formula is C23H31N5O2. The first-order valence-corrected chi connectivity index (χ1v) is 10.8. The van der Waals surface area contributed by atoms with E-state index in [1.807, 2.05) is 13.0 Å². The van der Waals surface area contributed by atoms with Crippen molar-refractivity contribution in [2.24, 2.45) is 10.2 Å². The molecule has 0 bridgehead atoms. The van der Waals surface area contributed by atoms with Gasteiger partial charge in [0.2, 0.25) is 0 Å². The third kappa shape index (κ3) is 6.10. The van der Waals surface area contributed by atoms with E-state index in [4.69, 9.17) is 0 Å². The molecule has 7 heteroatoms. The number of unbranched alkanes of at least 4 members (excludes halogenated alkanes) is 3. The Balaban J connectivity index is 1.54. The summed E-state index contributed by atoms with van der Waals surface area (Å²) in [7, 11) is 0. The molecular weight excluding hydrogens is 378 g/mol.